The molecule has 0 spiro atoms. The van der Waals surface area contributed by atoms with E-state index < -0.39 is 0 Å². The highest BCUT2D eigenvalue weighted by Crippen LogP contribution is 2.32. The Bertz CT molecular complexity index is 982. The number of aromatic nitrogens is 4. The Hall–Kier alpha value is -1.92. The molecule has 0 bridgehead atoms. The maximum absolute atomic E-state index is 5.67. The van der Waals surface area contributed by atoms with E-state index in [0.717, 1.165) is 28.8 Å². The molecule has 138 valence electrons. The van der Waals surface area contributed by atoms with Gasteiger partial charge in [-0.2, -0.15) is 0 Å². The van der Waals surface area contributed by atoms with Crippen molar-refractivity contribution in [2.45, 2.75) is 40.0 Å². The molecule has 0 aliphatic heterocycles. The molecule has 0 aliphatic rings. The van der Waals surface area contributed by atoms with Crippen molar-refractivity contribution in [1.29, 1.82) is 0 Å². The van der Waals surface area contributed by atoms with Crippen LogP contribution in [0, 0.1) is 9.54 Å². The molecule has 0 atom stereocenters. The average molecular weight is 387 g/mol. The van der Waals surface area contributed by atoms with Crippen molar-refractivity contribution in [3.8, 4) is 11.4 Å². The number of imidazole rings is 2. The van der Waals surface area contributed by atoms with Crippen LogP contribution in [0.25, 0.3) is 11.4 Å². The van der Waals surface area contributed by atoms with Gasteiger partial charge >= 0.3 is 0 Å². The third kappa shape index (κ3) is 2.91. The maximum Gasteiger partial charge on any atom is 0.184 e. The van der Waals surface area contributed by atoms with Crippen LogP contribution in [0.5, 0.6) is 0 Å². The van der Waals surface area contributed by atoms with E-state index in [-0.39, 0.29) is 0 Å². The van der Waals surface area contributed by atoms with Crippen molar-refractivity contribution in [2.24, 2.45) is 14.1 Å². The number of rotatable bonds is 5. The molecule has 0 amide bonds. The number of hydrogen-bond donors (Lipinski definition) is 0. The van der Waals surface area contributed by atoms with Gasteiger partial charge in [0.1, 0.15) is 0 Å². The topological polar surface area (TPSA) is 19.7 Å². The number of benzene rings is 1. The van der Waals surface area contributed by atoms with Crippen LogP contribution in [0.2, 0.25) is 0 Å². The summed E-state index contributed by atoms with van der Waals surface area (Å²) >= 11 is 11.3. The van der Waals surface area contributed by atoms with Crippen molar-refractivity contribution in [3.63, 3.8) is 0 Å². The first kappa shape index (κ1) is 18.9. The van der Waals surface area contributed by atoms with Gasteiger partial charge < -0.3 is 9.13 Å². The van der Waals surface area contributed by atoms with E-state index in [0.29, 0.717) is 0 Å². The molecule has 6 heteroatoms. The zero-order valence-electron chi connectivity index (χ0n) is 16.1. The normalized spacial score (nSPS) is 11.3. The van der Waals surface area contributed by atoms with E-state index in [9.17, 15) is 0 Å². The molecular weight excluding hydrogens is 360 g/mol. The molecule has 2 aromatic heterocycles. The number of aryl methyl sites for hydroxylation is 4. The standard InChI is InChI=1S/C20H26N4S2/c1-6-14-13-15(7-2)18(24-12-10-22(5)20(24)26)16(8-3)17(14)23-11-9-21(4)19(23)25/h9-13H,6-8H2,1-5H3. The second kappa shape index (κ2) is 7.37. The summed E-state index contributed by atoms with van der Waals surface area (Å²) in [5, 5.41) is 0. The molecule has 0 aliphatic carbocycles. The van der Waals surface area contributed by atoms with Crippen LogP contribution in [-0.4, -0.2) is 18.3 Å². The first-order valence-electron chi connectivity index (χ1n) is 9.10. The second-order valence-electron chi connectivity index (χ2n) is 6.55. The van der Waals surface area contributed by atoms with E-state index in [1.165, 1.54) is 28.1 Å². The lowest BCUT2D eigenvalue weighted by molar-refractivity contribution is 0.830. The fraction of sp³-hybridized carbons (Fsp3) is 0.400. The van der Waals surface area contributed by atoms with Crippen molar-refractivity contribution in [3.05, 3.63) is 57.1 Å². The molecule has 1 aromatic carbocycles. The van der Waals surface area contributed by atoms with Crippen LogP contribution in [0.3, 0.4) is 0 Å². The second-order valence-corrected chi connectivity index (χ2v) is 7.28. The summed E-state index contributed by atoms with van der Waals surface area (Å²) in [6, 6.07) is 2.33. The van der Waals surface area contributed by atoms with E-state index in [2.05, 4.69) is 48.4 Å². The third-order valence-corrected chi connectivity index (χ3v) is 5.99. The molecule has 3 aromatic rings. The van der Waals surface area contributed by atoms with Crippen molar-refractivity contribution >= 4 is 24.4 Å². The smallest absolute Gasteiger partial charge is 0.184 e. The third-order valence-electron chi connectivity index (χ3n) is 5.02. The highest BCUT2D eigenvalue weighted by molar-refractivity contribution is 7.71. The van der Waals surface area contributed by atoms with E-state index in [1.54, 1.807) is 0 Å². The molecule has 0 unspecified atom stereocenters. The minimum Gasteiger partial charge on any atom is -0.327 e. The van der Waals surface area contributed by atoms with Gasteiger partial charge in [0.15, 0.2) is 9.54 Å². The van der Waals surface area contributed by atoms with E-state index in [4.69, 9.17) is 24.4 Å². The van der Waals surface area contributed by atoms with Gasteiger partial charge in [0.25, 0.3) is 0 Å². The predicted octanol–water partition coefficient (Wildman–Crippen LogP) is 5.09. The van der Waals surface area contributed by atoms with Crippen molar-refractivity contribution in [2.75, 3.05) is 0 Å². The van der Waals surface area contributed by atoms with Crippen LogP contribution in [0.1, 0.15) is 37.5 Å². The Morgan fingerprint density at radius 3 is 1.38 bits per heavy atom. The van der Waals surface area contributed by atoms with Crippen LogP contribution < -0.4 is 0 Å². The van der Waals surface area contributed by atoms with Gasteiger partial charge in [0, 0.05) is 44.4 Å². The summed E-state index contributed by atoms with van der Waals surface area (Å²) in [5.74, 6) is 0. The van der Waals surface area contributed by atoms with Gasteiger partial charge in [-0.3, -0.25) is 9.13 Å². The zero-order valence-corrected chi connectivity index (χ0v) is 17.7. The molecule has 0 radical (unpaired) electrons. The minimum absolute atomic E-state index is 0.807. The monoisotopic (exact) mass is 386 g/mol. The summed E-state index contributed by atoms with van der Waals surface area (Å²) < 4.78 is 9.86. The summed E-state index contributed by atoms with van der Waals surface area (Å²) in [5.41, 5.74) is 6.36. The fourth-order valence-corrected chi connectivity index (χ4v) is 4.02. The van der Waals surface area contributed by atoms with Crippen molar-refractivity contribution in [1.82, 2.24) is 18.3 Å². The van der Waals surface area contributed by atoms with Gasteiger partial charge in [-0.15, -0.1) is 0 Å². The number of nitrogens with zero attached hydrogens (tertiary/aromatic N) is 4. The van der Waals surface area contributed by atoms with Crippen LogP contribution >= 0.6 is 24.4 Å². The van der Waals surface area contributed by atoms with Crippen LogP contribution in [0.15, 0.2) is 30.9 Å². The molecule has 4 nitrogen and oxygen atoms in total. The zero-order chi connectivity index (χ0) is 19.0. The Kier molecular flexibility index (Phi) is 5.34. The maximum atomic E-state index is 5.67. The molecule has 0 N–H and O–H groups in total. The average Bonchev–Trinajstić information content (AvgIpc) is 3.15. The first-order chi connectivity index (χ1) is 12.4. The largest absolute Gasteiger partial charge is 0.327 e. The summed E-state index contributed by atoms with van der Waals surface area (Å²) in [7, 11) is 3.98. The molecule has 0 saturated carbocycles. The van der Waals surface area contributed by atoms with Crippen LogP contribution in [0.4, 0.5) is 0 Å². The lowest BCUT2D eigenvalue weighted by Gasteiger charge is -2.22. The summed E-state index contributed by atoms with van der Waals surface area (Å²) in [6.45, 7) is 6.62. The van der Waals surface area contributed by atoms with E-state index in [1.807, 2.05) is 35.6 Å². The lowest BCUT2D eigenvalue weighted by Crippen LogP contribution is -2.12. The van der Waals surface area contributed by atoms with Gasteiger partial charge in [0.2, 0.25) is 0 Å². The summed E-state index contributed by atoms with van der Waals surface area (Å²) in [4.78, 5) is 0. The van der Waals surface area contributed by atoms with Gasteiger partial charge in [0.05, 0.1) is 11.4 Å². The summed E-state index contributed by atoms with van der Waals surface area (Å²) in [6.07, 6.45) is 11.0. The highest BCUT2D eigenvalue weighted by atomic mass is 32.1. The predicted molar refractivity (Wildman–Crippen MR) is 113 cm³/mol. The first-order valence-corrected chi connectivity index (χ1v) is 9.92. The molecular formula is C20H26N4S2. The quantitative estimate of drug-likeness (QED) is 0.569. The highest BCUT2D eigenvalue weighted by Gasteiger charge is 2.19. The fourth-order valence-electron chi connectivity index (χ4n) is 3.59. The van der Waals surface area contributed by atoms with E-state index >= 15 is 0 Å². The molecule has 0 saturated heterocycles. The Morgan fingerprint density at radius 2 is 1.12 bits per heavy atom. The van der Waals surface area contributed by atoms with Crippen LogP contribution in [-0.2, 0) is 33.4 Å². The Labute approximate surface area is 165 Å². The minimum atomic E-state index is 0.807. The number of hydrogen-bond acceptors (Lipinski definition) is 2. The Balaban J connectivity index is 2.47. The molecule has 26 heavy (non-hydrogen) atoms. The molecule has 2 heterocycles. The molecule has 3 rings (SSSR count). The van der Waals surface area contributed by atoms with Gasteiger partial charge in [-0.05, 0) is 54.8 Å². The Morgan fingerprint density at radius 1 is 0.692 bits per heavy atom. The SMILES string of the molecule is CCc1cc(CC)c(-n2ccn(C)c2=S)c(CC)c1-n1ccn(C)c1=S. The van der Waals surface area contributed by atoms with Crippen molar-refractivity contribution < 1.29 is 0 Å². The molecule has 0 fully saturated rings. The van der Waals surface area contributed by atoms with Gasteiger partial charge in [-0.25, -0.2) is 0 Å². The van der Waals surface area contributed by atoms with Gasteiger partial charge in [-0.1, -0.05) is 26.8 Å². The lowest BCUT2D eigenvalue weighted by atomic mass is 9.94.